The van der Waals surface area contributed by atoms with Crippen molar-refractivity contribution in [2.24, 2.45) is 5.92 Å². The Bertz CT molecular complexity index is 297. The highest BCUT2D eigenvalue weighted by Crippen LogP contribution is 2.49. The molecule has 2 unspecified atom stereocenters. The van der Waals surface area contributed by atoms with Crippen molar-refractivity contribution in [3.63, 3.8) is 0 Å². The van der Waals surface area contributed by atoms with E-state index in [1.807, 2.05) is 0 Å². The minimum Gasteiger partial charge on any atom is -0.385 e. The van der Waals surface area contributed by atoms with E-state index < -0.39 is 7.60 Å². The van der Waals surface area contributed by atoms with Gasteiger partial charge in [-0.05, 0) is 25.2 Å². The SMILES string of the molecule is CCCCCCCCOP(=O)(CCCC)OCC(C)CCOC. The quantitative estimate of drug-likeness (QED) is 0.237. The topological polar surface area (TPSA) is 44.8 Å². The van der Waals surface area contributed by atoms with Gasteiger partial charge in [0.05, 0.1) is 19.4 Å². The van der Waals surface area contributed by atoms with E-state index in [1.54, 1.807) is 7.11 Å². The van der Waals surface area contributed by atoms with Gasteiger partial charge in [-0.25, -0.2) is 0 Å². The van der Waals surface area contributed by atoms with E-state index >= 15 is 0 Å². The van der Waals surface area contributed by atoms with Crippen LogP contribution in [0.15, 0.2) is 0 Å². The summed E-state index contributed by atoms with van der Waals surface area (Å²) in [5, 5.41) is 0. The van der Waals surface area contributed by atoms with Crippen LogP contribution in [0.3, 0.4) is 0 Å². The number of methoxy groups -OCH3 is 1. The lowest BCUT2D eigenvalue weighted by molar-refractivity contribution is 0.144. The number of hydrogen-bond donors (Lipinski definition) is 0. The van der Waals surface area contributed by atoms with Crippen LogP contribution < -0.4 is 0 Å². The van der Waals surface area contributed by atoms with Crippen LogP contribution >= 0.6 is 7.60 Å². The van der Waals surface area contributed by atoms with Crippen LogP contribution in [-0.2, 0) is 18.3 Å². The van der Waals surface area contributed by atoms with Gasteiger partial charge in [0.2, 0.25) is 0 Å². The highest BCUT2D eigenvalue weighted by atomic mass is 31.2. The molecule has 0 amide bonds. The van der Waals surface area contributed by atoms with Crippen molar-refractivity contribution in [1.29, 1.82) is 0 Å². The first-order valence-corrected chi connectivity index (χ1v) is 11.2. The Morgan fingerprint density at radius 3 is 2.17 bits per heavy atom. The average Bonchev–Trinajstić information content (AvgIpc) is 2.55. The summed E-state index contributed by atoms with van der Waals surface area (Å²) in [4.78, 5) is 0. The minimum absolute atomic E-state index is 0.336. The van der Waals surface area contributed by atoms with Gasteiger partial charge in [-0.2, -0.15) is 0 Å². The van der Waals surface area contributed by atoms with E-state index in [-0.39, 0.29) is 0 Å². The molecule has 0 spiro atoms. The first-order valence-electron chi connectivity index (χ1n) is 9.45. The molecule has 0 radical (unpaired) electrons. The molecule has 0 aliphatic carbocycles. The van der Waals surface area contributed by atoms with Crippen LogP contribution in [0.5, 0.6) is 0 Å². The summed E-state index contributed by atoms with van der Waals surface area (Å²) in [5.41, 5.74) is 0. The molecule has 5 heteroatoms. The predicted octanol–water partition coefficient (Wildman–Crippen LogP) is 6.05. The Kier molecular flexibility index (Phi) is 15.7. The molecule has 23 heavy (non-hydrogen) atoms. The van der Waals surface area contributed by atoms with Crippen molar-refractivity contribution in [2.45, 2.75) is 78.6 Å². The molecule has 0 rings (SSSR count). The summed E-state index contributed by atoms with van der Waals surface area (Å²) < 4.78 is 29.3. The molecule has 0 fully saturated rings. The van der Waals surface area contributed by atoms with Gasteiger partial charge in [0, 0.05) is 13.7 Å². The molecule has 0 aromatic rings. The van der Waals surface area contributed by atoms with Crippen LogP contribution in [0.4, 0.5) is 0 Å². The van der Waals surface area contributed by atoms with Crippen molar-refractivity contribution in [3.05, 3.63) is 0 Å². The molecule has 140 valence electrons. The highest BCUT2D eigenvalue weighted by Gasteiger charge is 2.24. The van der Waals surface area contributed by atoms with Crippen molar-refractivity contribution < 1.29 is 18.3 Å². The summed E-state index contributed by atoms with van der Waals surface area (Å²) in [6.07, 6.45) is 10.6. The zero-order valence-electron chi connectivity index (χ0n) is 15.8. The Morgan fingerprint density at radius 1 is 0.870 bits per heavy atom. The zero-order chi connectivity index (χ0) is 17.4. The lowest BCUT2D eigenvalue weighted by atomic mass is 10.1. The second-order valence-corrected chi connectivity index (χ2v) is 8.66. The van der Waals surface area contributed by atoms with Crippen molar-refractivity contribution >= 4 is 7.60 Å². The van der Waals surface area contributed by atoms with E-state index in [2.05, 4.69) is 20.8 Å². The van der Waals surface area contributed by atoms with Crippen molar-refractivity contribution in [1.82, 2.24) is 0 Å². The van der Waals surface area contributed by atoms with Gasteiger partial charge < -0.3 is 13.8 Å². The van der Waals surface area contributed by atoms with E-state index in [4.69, 9.17) is 13.8 Å². The first kappa shape index (κ1) is 23.1. The fraction of sp³-hybridized carbons (Fsp3) is 1.00. The highest BCUT2D eigenvalue weighted by molar-refractivity contribution is 7.53. The summed E-state index contributed by atoms with van der Waals surface area (Å²) >= 11 is 0. The number of ether oxygens (including phenoxy) is 1. The van der Waals surface area contributed by atoms with Gasteiger partial charge in [-0.3, -0.25) is 4.57 Å². The largest absolute Gasteiger partial charge is 0.385 e. The van der Waals surface area contributed by atoms with E-state index in [0.29, 0.717) is 31.9 Å². The lowest BCUT2D eigenvalue weighted by Gasteiger charge is -2.20. The van der Waals surface area contributed by atoms with Gasteiger partial charge in [0.1, 0.15) is 0 Å². The van der Waals surface area contributed by atoms with Gasteiger partial charge in [-0.15, -0.1) is 0 Å². The van der Waals surface area contributed by atoms with E-state index in [9.17, 15) is 4.57 Å². The molecule has 0 aliphatic rings. The summed E-state index contributed by atoms with van der Waals surface area (Å²) in [6, 6.07) is 0. The molecule has 4 nitrogen and oxygen atoms in total. The molecule has 0 saturated carbocycles. The standard InChI is InChI=1S/C18H39O4P/c1-5-7-9-10-11-12-14-21-23(19,16-8-6-2)22-17-18(3)13-15-20-4/h18H,5-17H2,1-4H3. The van der Waals surface area contributed by atoms with Crippen LogP contribution in [0.2, 0.25) is 0 Å². The van der Waals surface area contributed by atoms with Gasteiger partial charge in [0.25, 0.3) is 0 Å². The van der Waals surface area contributed by atoms with Crippen molar-refractivity contribution in [3.8, 4) is 0 Å². The molecular weight excluding hydrogens is 311 g/mol. The van der Waals surface area contributed by atoms with Crippen LogP contribution in [0, 0.1) is 5.92 Å². The lowest BCUT2D eigenvalue weighted by Crippen LogP contribution is -2.10. The fourth-order valence-corrected chi connectivity index (χ4v) is 4.17. The number of unbranched alkanes of at least 4 members (excludes halogenated alkanes) is 6. The maximum absolute atomic E-state index is 12.8. The number of hydrogen-bond acceptors (Lipinski definition) is 4. The molecule has 2 atom stereocenters. The van der Waals surface area contributed by atoms with E-state index in [0.717, 1.165) is 32.1 Å². The average molecular weight is 350 g/mol. The van der Waals surface area contributed by atoms with Gasteiger partial charge >= 0.3 is 7.60 Å². The smallest absolute Gasteiger partial charge is 0.330 e. The predicted molar refractivity (Wildman–Crippen MR) is 98.3 cm³/mol. The minimum atomic E-state index is -2.92. The first-order chi connectivity index (χ1) is 11.1. The third kappa shape index (κ3) is 14.2. The Labute approximate surface area is 144 Å². The van der Waals surface area contributed by atoms with Gasteiger partial charge in [0.15, 0.2) is 0 Å². The Morgan fingerprint density at radius 2 is 1.52 bits per heavy atom. The molecule has 0 aliphatic heterocycles. The van der Waals surface area contributed by atoms with Crippen LogP contribution in [0.1, 0.15) is 78.6 Å². The third-order valence-corrected chi connectivity index (χ3v) is 5.92. The van der Waals surface area contributed by atoms with E-state index in [1.165, 1.54) is 25.7 Å². The molecule has 0 saturated heterocycles. The Hall–Kier alpha value is 0.110. The van der Waals surface area contributed by atoms with Crippen LogP contribution in [-0.4, -0.2) is 33.1 Å². The van der Waals surface area contributed by atoms with Crippen LogP contribution in [0.25, 0.3) is 0 Å². The van der Waals surface area contributed by atoms with Gasteiger partial charge in [-0.1, -0.05) is 59.3 Å². The second kappa shape index (κ2) is 15.6. The molecule has 0 heterocycles. The summed E-state index contributed by atoms with van der Waals surface area (Å²) in [6.45, 7) is 8.16. The normalized spacial score (nSPS) is 15.5. The van der Waals surface area contributed by atoms with Crippen molar-refractivity contribution in [2.75, 3.05) is 33.1 Å². The fourth-order valence-electron chi connectivity index (χ4n) is 2.25. The Balaban J connectivity index is 4.03. The number of rotatable bonds is 17. The molecule has 0 aromatic carbocycles. The maximum atomic E-state index is 12.8. The molecular formula is C18H39O4P. The molecule has 0 aromatic heterocycles. The third-order valence-electron chi connectivity index (χ3n) is 3.94. The molecule has 0 bridgehead atoms. The summed E-state index contributed by atoms with van der Waals surface area (Å²) in [5.74, 6) is 0.336. The molecule has 0 N–H and O–H groups in total. The second-order valence-electron chi connectivity index (χ2n) is 6.47. The summed E-state index contributed by atoms with van der Waals surface area (Å²) in [7, 11) is -1.23. The monoisotopic (exact) mass is 350 g/mol. The zero-order valence-corrected chi connectivity index (χ0v) is 16.7. The maximum Gasteiger partial charge on any atom is 0.330 e.